The summed E-state index contributed by atoms with van der Waals surface area (Å²) in [5, 5.41) is 0. The molecular formula is C22H34O4. The van der Waals surface area contributed by atoms with Gasteiger partial charge in [0, 0.05) is 6.08 Å². The van der Waals surface area contributed by atoms with Crippen LogP contribution >= 0.6 is 0 Å². The zero-order valence-corrected chi connectivity index (χ0v) is 17.0. The summed E-state index contributed by atoms with van der Waals surface area (Å²) in [6.45, 7) is 10.8. The van der Waals surface area contributed by atoms with Gasteiger partial charge in [-0.3, -0.25) is 4.79 Å². The molecule has 0 aliphatic heterocycles. The number of hydrogen-bond acceptors (Lipinski definition) is 4. The van der Waals surface area contributed by atoms with Crippen LogP contribution in [0.2, 0.25) is 0 Å². The Morgan fingerprint density at radius 2 is 1.92 bits per heavy atom. The van der Waals surface area contributed by atoms with E-state index in [1.54, 1.807) is 6.08 Å². The van der Waals surface area contributed by atoms with Crippen LogP contribution in [0.3, 0.4) is 0 Å². The first-order chi connectivity index (χ1) is 12.2. The minimum Gasteiger partial charge on any atom is -0.469 e. The number of carbonyl (C=O) groups excluding carboxylic acids is 2. The molecule has 2 aliphatic rings. The Kier molecular flexibility index (Phi) is 6.36. The predicted molar refractivity (Wildman–Crippen MR) is 102 cm³/mol. The maximum atomic E-state index is 12.6. The fourth-order valence-corrected chi connectivity index (χ4v) is 5.66. The lowest BCUT2D eigenvalue weighted by molar-refractivity contribution is -0.168. The summed E-state index contributed by atoms with van der Waals surface area (Å²) in [5.41, 5.74) is 1.98. The monoisotopic (exact) mass is 362 g/mol. The molecule has 2 rings (SSSR count). The third kappa shape index (κ3) is 3.74. The van der Waals surface area contributed by atoms with Gasteiger partial charge in [0.05, 0.1) is 19.6 Å². The summed E-state index contributed by atoms with van der Waals surface area (Å²) in [5.74, 6) is 0.314. The van der Waals surface area contributed by atoms with Crippen molar-refractivity contribution in [2.45, 2.75) is 65.7 Å². The van der Waals surface area contributed by atoms with Crippen LogP contribution in [0.1, 0.15) is 65.7 Å². The third-order valence-electron chi connectivity index (χ3n) is 7.06. The molecule has 4 nitrogen and oxygen atoms in total. The van der Waals surface area contributed by atoms with Crippen molar-refractivity contribution in [3.63, 3.8) is 0 Å². The number of methoxy groups -OCH3 is 2. The number of carbonyl (C=O) groups is 2. The molecule has 4 heteroatoms. The molecule has 0 amide bonds. The van der Waals surface area contributed by atoms with E-state index >= 15 is 0 Å². The molecule has 0 unspecified atom stereocenters. The van der Waals surface area contributed by atoms with Gasteiger partial charge in [-0.15, -0.1) is 0 Å². The third-order valence-corrected chi connectivity index (χ3v) is 7.06. The topological polar surface area (TPSA) is 52.6 Å². The van der Waals surface area contributed by atoms with E-state index in [-0.39, 0.29) is 17.4 Å². The van der Waals surface area contributed by atoms with Crippen LogP contribution in [0, 0.1) is 22.7 Å². The lowest BCUT2D eigenvalue weighted by Crippen LogP contribution is -2.53. The first-order valence-corrected chi connectivity index (χ1v) is 9.70. The predicted octanol–water partition coefficient (Wildman–Crippen LogP) is 4.84. The number of rotatable bonds is 5. The number of allylic oxidation sites excluding steroid dienone is 2. The van der Waals surface area contributed by atoms with E-state index in [1.807, 2.05) is 6.92 Å². The Bertz CT molecular complexity index is 605. The van der Waals surface area contributed by atoms with Gasteiger partial charge in [0.25, 0.3) is 0 Å². The molecule has 0 radical (unpaired) electrons. The quantitative estimate of drug-likeness (QED) is 0.399. The second kappa shape index (κ2) is 7.98. The smallest absolute Gasteiger partial charge is 0.330 e. The molecule has 26 heavy (non-hydrogen) atoms. The van der Waals surface area contributed by atoms with E-state index in [0.717, 1.165) is 50.5 Å². The lowest BCUT2D eigenvalue weighted by Gasteiger charge is -2.57. The van der Waals surface area contributed by atoms with E-state index in [9.17, 15) is 9.59 Å². The van der Waals surface area contributed by atoms with Crippen LogP contribution in [0.25, 0.3) is 0 Å². The highest BCUT2D eigenvalue weighted by molar-refractivity contribution is 5.82. The largest absolute Gasteiger partial charge is 0.469 e. The number of esters is 2. The standard InChI is InChI=1S/C22H34O4/c1-15(14-19(23)25-5)8-10-17-16(2)9-11-18-21(17,3)12-7-13-22(18,4)20(24)26-6/h14,17-18H,2,7-13H2,1,3-6H3/t17-,18-,21+,22-/m0/s1. The van der Waals surface area contributed by atoms with Crippen molar-refractivity contribution in [2.24, 2.45) is 22.7 Å². The zero-order chi connectivity index (χ0) is 19.5. The molecule has 0 spiro atoms. The molecule has 0 heterocycles. The Morgan fingerprint density at radius 1 is 1.23 bits per heavy atom. The molecule has 4 atom stereocenters. The highest BCUT2D eigenvalue weighted by Crippen LogP contribution is 2.62. The Morgan fingerprint density at radius 3 is 2.54 bits per heavy atom. The first-order valence-electron chi connectivity index (χ1n) is 9.70. The Hall–Kier alpha value is -1.58. The normalized spacial score (nSPS) is 34.8. The molecule has 146 valence electrons. The molecule has 2 aliphatic carbocycles. The van der Waals surface area contributed by atoms with Crippen molar-refractivity contribution < 1.29 is 19.1 Å². The van der Waals surface area contributed by atoms with Gasteiger partial charge in [-0.25, -0.2) is 4.79 Å². The van der Waals surface area contributed by atoms with Gasteiger partial charge in [0.15, 0.2) is 0 Å². The number of ether oxygens (including phenoxy) is 2. The summed E-state index contributed by atoms with van der Waals surface area (Å²) in [7, 11) is 2.90. The number of hydrogen-bond donors (Lipinski definition) is 0. The van der Waals surface area contributed by atoms with E-state index in [1.165, 1.54) is 19.8 Å². The van der Waals surface area contributed by atoms with Crippen LogP contribution < -0.4 is 0 Å². The molecule has 0 saturated heterocycles. The summed E-state index contributed by atoms with van der Waals surface area (Å²) < 4.78 is 9.90. The fourth-order valence-electron chi connectivity index (χ4n) is 5.66. The molecule has 0 N–H and O–H groups in total. The van der Waals surface area contributed by atoms with Gasteiger partial charge in [0.2, 0.25) is 0 Å². The highest BCUT2D eigenvalue weighted by Gasteiger charge is 2.57. The lowest BCUT2D eigenvalue weighted by atomic mass is 9.46. The van der Waals surface area contributed by atoms with E-state index < -0.39 is 5.41 Å². The second-order valence-electron chi connectivity index (χ2n) is 8.62. The molecule has 0 aromatic rings. The summed E-state index contributed by atoms with van der Waals surface area (Å²) >= 11 is 0. The second-order valence-corrected chi connectivity index (χ2v) is 8.62. The minimum atomic E-state index is -0.405. The van der Waals surface area contributed by atoms with Crippen LogP contribution in [-0.2, 0) is 19.1 Å². The summed E-state index contributed by atoms with van der Waals surface area (Å²) in [4.78, 5) is 24.0. The Balaban J connectivity index is 2.23. The van der Waals surface area contributed by atoms with Crippen molar-refractivity contribution in [3.8, 4) is 0 Å². The fraction of sp³-hybridized carbons (Fsp3) is 0.727. The van der Waals surface area contributed by atoms with Gasteiger partial charge in [-0.2, -0.15) is 0 Å². The molecule has 2 saturated carbocycles. The van der Waals surface area contributed by atoms with Crippen LogP contribution in [0.5, 0.6) is 0 Å². The maximum Gasteiger partial charge on any atom is 0.330 e. The average molecular weight is 363 g/mol. The molecular weight excluding hydrogens is 328 g/mol. The van der Waals surface area contributed by atoms with Gasteiger partial charge >= 0.3 is 11.9 Å². The average Bonchev–Trinajstić information content (AvgIpc) is 2.59. The van der Waals surface area contributed by atoms with Crippen LogP contribution in [0.15, 0.2) is 23.8 Å². The zero-order valence-electron chi connectivity index (χ0n) is 17.0. The first kappa shape index (κ1) is 20.7. The van der Waals surface area contributed by atoms with E-state index in [4.69, 9.17) is 9.47 Å². The number of fused-ring (bicyclic) bond motifs is 1. The SMILES string of the molecule is C=C1CC[C@H]2[C@](C)(CCC[C@]2(C)C(=O)OC)[C@H]1CCC(C)=CC(=O)OC. The van der Waals surface area contributed by atoms with E-state index in [2.05, 4.69) is 20.4 Å². The summed E-state index contributed by atoms with van der Waals surface area (Å²) in [6, 6.07) is 0. The molecule has 0 aromatic carbocycles. The molecule has 0 aromatic heterocycles. The van der Waals surface area contributed by atoms with E-state index in [0.29, 0.717) is 11.8 Å². The van der Waals surface area contributed by atoms with Gasteiger partial charge < -0.3 is 9.47 Å². The van der Waals surface area contributed by atoms with Crippen LogP contribution in [0.4, 0.5) is 0 Å². The van der Waals surface area contributed by atoms with Crippen molar-refractivity contribution in [1.82, 2.24) is 0 Å². The summed E-state index contributed by atoms with van der Waals surface area (Å²) in [6.07, 6.45) is 8.42. The van der Waals surface area contributed by atoms with Crippen LogP contribution in [-0.4, -0.2) is 26.2 Å². The van der Waals surface area contributed by atoms with Crippen molar-refractivity contribution in [2.75, 3.05) is 14.2 Å². The van der Waals surface area contributed by atoms with Gasteiger partial charge in [-0.05, 0) is 69.6 Å². The van der Waals surface area contributed by atoms with Crippen molar-refractivity contribution in [3.05, 3.63) is 23.8 Å². The van der Waals surface area contributed by atoms with Crippen molar-refractivity contribution in [1.29, 1.82) is 0 Å². The molecule has 0 bridgehead atoms. The highest BCUT2D eigenvalue weighted by atomic mass is 16.5. The minimum absolute atomic E-state index is 0.0576. The van der Waals surface area contributed by atoms with Gasteiger partial charge in [-0.1, -0.05) is 31.1 Å². The van der Waals surface area contributed by atoms with Crippen molar-refractivity contribution >= 4 is 11.9 Å². The molecule has 2 fully saturated rings. The van der Waals surface area contributed by atoms with Gasteiger partial charge in [0.1, 0.15) is 0 Å². The Labute approximate surface area is 158 Å². The maximum absolute atomic E-state index is 12.6.